The first-order valence-corrected chi connectivity index (χ1v) is 5.74. The van der Waals surface area contributed by atoms with E-state index in [1.807, 2.05) is 6.92 Å². The monoisotopic (exact) mass is 203 g/mol. The molecule has 0 atom stereocenters. The molecule has 54 valence electrons. The maximum absolute atomic E-state index is 5.44. The predicted octanol–water partition coefficient (Wildman–Crippen LogP) is 1.56. The summed E-state index contributed by atoms with van der Waals surface area (Å²) < 4.78 is 6.56. The van der Waals surface area contributed by atoms with E-state index >= 15 is 0 Å². The van der Waals surface area contributed by atoms with Crippen LogP contribution in [0.3, 0.4) is 0 Å². The van der Waals surface area contributed by atoms with Gasteiger partial charge in [0.05, 0.1) is 0 Å². The van der Waals surface area contributed by atoms with Gasteiger partial charge in [0.1, 0.15) is 0 Å². The Morgan fingerprint density at radius 3 is 2.50 bits per heavy atom. The van der Waals surface area contributed by atoms with Crippen molar-refractivity contribution in [3.63, 3.8) is 0 Å². The quantitative estimate of drug-likeness (QED) is 0.496. The van der Waals surface area contributed by atoms with E-state index < -0.39 is 0 Å². The Labute approximate surface area is 67.6 Å². The van der Waals surface area contributed by atoms with Crippen molar-refractivity contribution in [1.82, 2.24) is 0 Å². The second-order valence-electron chi connectivity index (χ2n) is 2.27. The second-order valence-corrected chi connectivity index (χ2v) is 3.97. The molecule has 0 radical (unpaired) electrons. The van der Waals surface area contributed by atoms with Gasteiger partial charge in [0.25, 0.3) is 0 Å². The fourth-order valence-electron chi connectivity index (χ4n) is 0.866. The van der Waals surface area contributed by atoms with Crippen molar-refractivity contribution in [3.05, 3.63) is 23.5 Å². The molecule has 1 nitrogen and oxygen atoms in total. The van der Waals surface area contributed by atoms with Crippen LogP contribution in [0.15, 0.2) is 16.5 Å². The summed E-state index contributed by atoms with van der Waals surface area (Å²) in [6.07, 6.45) is 0. The van der Waals surface area contributed by atoms with Crippen molar-refractivity contribution >= 4 is 19.6 Å². The summed E-state index contributed by atoms with van der Waals surface area (Å²) in [5.41, 5.74) is 1.29. The Balaban J connectivity index is 3.06. The standard InChI is InChI=1S/C8H11OSe/c1-6-4-7(2)9-8(5-6)10-3/h4-5H,1-3H3/q+1. The molecular weight excluding hydrogens is 191 g/mol. The van der Waals surface area contributed by atoms with Crippen molar-refractivity contribution in [1.29, 1.82) is 0 Å². The van der Waals surface area contributed by atoms with E-state index in [1.165, 1.54) is 5.56 Å². The third kappa shape index (κ3) is 1.83. The first-order valence-electron chi connectivity index (χ1n) is 3.18. The molecule has 10 heavy (non-hydrogen) atoms. The molecular formula is C8H11OSe+. The van der Waals surface area contributed by atoms with Crippen LogP contribution in [0.1, 0.15) is 11.3 Å². The summed E-state index contributed by atoms with van der Waals surface area (Å²) in [5, 5.41) is 0. The van der Waals surface area contributed by atoms with Gasteiger partial charge in [0, 0.05) is 0 Å². The Bertz CT molecular complexity index is 212. The van der Waals surface area contributed by atoms with Gasteiger partial charge in [-0.15, -0.1) is 0 Å². The Morgan fingerprint density at radius 1 is 1.30 bits per heavy atom. The summed E-state index contributed by atoms with van der Waals surface area (Å²) in [4.78, 5) is 0. The van der Waals surface area contributed by atoms with Crippen LogP contribution in [0, 0.1) is 13.8 Å². The van der Waals surface area contributed by atoms with Gasteiger partial charge in [-0.05, 0) is 0 Å². The van der Waals surface area contributed by atoms with Gasteiger partial charge in [0.15, 0.2) is 0 Å². The fraction of sp³-hybridized carbons (Fsp3) is 0.375. The van der Waals surface area contributed by atoms with Crippen LogP contribution in [0.4, 0.5) is 0 Å². The molecule has 0 bridgehead atoms. The topological polar surface area (TPSA) is 11.3 Å². The van der Waals surface area contributed by atoms with E-state index in [2.05, 4.69) is 24.9 Å². The van der Waals surface area contributed by atoms with E-state index in [0.717, 1.165) is 10.4 Å². The molecule has 0 saturated carbocycles. The molecule has 0 aliphatic rings. The molecule has 0 fully saturated rings. The van der Waals surface area contributed by atoms with Gasteiger partial charge in [-0.3, -0.25) is 0 Å². The summed E-state index contributed by atoms with van der Waals surface area (Å²) in [6.45, 7) is 4.08. The van der Waals surface area contributed by atoms with Gasteiger partial charge in [-0.25, -0.2) is 0 Å². The minimum absolute atomic E-state index is 0.483. The molecule has 1 heterocycles. The fourth-order valence-corrected chi connectivity index (χ4v) is 1.95. The average molecular weight is 202 g/mol. The molecule has 0 N–H and O–H groups in total. The van der Waals surface area contributed by atoms with Gasteiger partial charge in [0.2, 0.25) is 0 Å². The summed E-state index contributed by atoms with van der Waals surface area (Å²) >= 11 is 0.483. The third-order valence-electron chi connectivity index (χ3n) is 1.24. The first-order chi connectivity index (χ1) is 4.72. The summed E-state index contributed by atoms with van der Waals surface area (Å²) in [5.74, 6) is 3.17. The minimum atomic E-state index is 0.483. The van der Waals surface area contributed by atoms with Crippen LogP contribution in [0.2, 0.25) is 5.82 Å². The number of hydrogen-bond acceptors (Lipinski definition) is 0. The van der Waals surface area contributed by atoms with E-state index in [-0.39, 0.29) is 0 Å². The number of rotatable bonds is 1. The molecule has 1 aromatic heterocycles. The van der Waals surface area contributed by atoms with Gasteiger partial charge in [-0.2, -0.15) is 0 Å². The SMILES string of the molecule is C[Se]c1cc(C)cc(C)[o+]1. The molecule has 1 rings (SSSR count). The van der Waals surface area contributed by atoms with Crippen LogP contribution in [0.25, 0.3) is 0 Å². The van der Waals surface area contributed by atoms with Crippen LogP contribution in [-0.2, 0) is 0 Å². The summed E-state index contributed by atoms with van der Waals surface area (Å²) in [6, 6.07) is 4.15. The molecule has 0 aromatic carbocycles. The van der Waals surface area contributed by atoms with Crippen molar-refractivity contribution < 1.29 is 4.42 Å². The second kappa shape index (κ2) is 3.18. The Morgan fingerprint density at radius 2 is 2.00 bits per heavy atom. The number of aryl methyl sites for hydroxylation is 2. The van der Waals surface area contributed by atoms with Crippen LogP contribution in [-0.4, -0.2) is 15.0 Å². The molecule has 0 unspecified atom stereocenters. The van der Waals surface area contributed by atoms with Gasteiger partial charge < -0.3 is 0 Å². The molecule has 1 aromatic rings. The summed E-state index contributed by atoms with van der Waals surface area (Å²) in [7, 11) is 0. The van der Waals surface area contributed by atoms with E-state index in [1.54, 1.807) is 0 Å². The van der Waals surface area contributed by atoms with E-state index in [9.17, 15) is 0 Å². The molecule has 0 aliphatic carbocycles. The van der Waals surface area contributed by atoms with Crippen LogP contribution < -0.4 is 4.66 Å². The van der Waals surface area contributed by atoms with Gasteiger partial charge >= 0.3 is 67.2 Å². The zero-order valence-electron chi connectivity index (χ0n) is 6.47. The van der Waals surface area contributed by atoms with Crippen molar-refractivity contribution in [2.24, 2.45) is 0 Å². The Hall–Kier alpha value is -0.331. The molecule has 0 aliphatic heterocycles. The van der Waals surface area contributed by atoms with Crippen molar-refractivity contribution in [2.45, 2.75) is 19.7 Å². The normalized spacial score (nSPS) is 9.90. The third-order valence-corrected chi connectivity index (χ3v) is 2.51. The Kier molecular flexibility index (Phi) is 2.47. The average Bonchev–Trinajstić information content (AvgIpc) is 1.85. The van der Waals surface area contributed by atoms with Crippen molar-refractivity contribution in [3.8, 4) is 0 Å². The molecule has 2 heteroatoms. The molecule has 0 saturated heterocycles. The zero-order valence-corrected chi connectivity index (χ0v) is 8.18. The van der Waals surface area contributed by atoms with Gasteiger partial charge in [-0.1, -0.05) is 0 Å². The molecule has 0 spiro atoms. The molecule has 0 amide bonds. The van der Waals surface area contributed by atoms with Crippen molar-refractivity contribution in [2.75, 3.05) is 0 Å². The van der Waals surface area contributed by atoms with Crippen LogP contribution in [0.5, 0.6) is 0 Å². The van der Waals surface area contributed by atoms with E-state index in [4.69, 9.17) is 4.42 Å². The first kappa shape index (κ1) is 7.77. The van der Waals surface area contributed by atoms with Crippen LogP contribution >= 0.6 is 0 Å². The predicted molar refractivity (Wildman–Crippen MR) is 43.8 cm³/mol. The number of hydrogen-bond donors (Lipinski definition) is 0. The zero-order chi connectivity index (χ0) is 7.56. The maximum atomic E-state index is 5.44. The van der Waals surface area contributed by atoms with E-state index in [0.29, 0.717) is 15.0 Å².